The summed E-state index contributed by atoms with van der Waals surface area (Å²) in [6.45, 7) is 0.283. The van der Waals surface area contributed by atoms with Crippen molar-refractivity contribution in [3.05, 3.63) is 0 Å². The Labute approximate surface area is 117 Å². The summed E-state index contributed by atoms with van der Waals surface area (Å²) in [5.74, 6) is 0. The van der Waals surface area contributed by atoms with Crippen LogP contribution in [-0.4, -0.2) is 32.0 Å². The molecule has 0 radical (unpaired) electrons. The van der Waals surface area contributed by atoms with Crippen LogP contribution in [0.2, 0.25) is 0 Å². The summed E-state index contributed by atoms with van der Waals surface area (Å²) in [6.07, 6.45) is 12.8. The molecule has 0 heterocycles. The summed E-state index contributed by atoms with van der Waals surface area (Å²) in [5.41, 5.74) is 0. The minimum Gasteiger partial charge on any atom is -0.438 e. The zero-order valence-electron chi connectivity index (χ0n) is 12.2. The fourth-order valence-corrected chi connectivity index (χ4v) is 3.03. The van der Waals surface area contributed by atoms with Crippen LogP contribution in [0.25, 0.3) is 0 Å². The highest BCUT2D eigenvalue weighted by atomic mass is 16.7. The van der Waals surface area contributed by atoms with Gasteiger partial charge < -0.3 is 14.8 Å². The van der Waals surface area contributed by atoms with Crippen LogP contribution < -0.4 is 5.32 Å². The van der Waals surface area contributed by atoms with E-state index in [1.807, 2.05) is 0 Å². The molecule has 1 N–H and O–H groups in total. The number of hydrogen-bond acceptors (Lipinski definition) is 3. The first-order valence-electron chi connectivity index (χ1n) is 7.84. The van der Waals surface area contributed by atoms with Crippen molar-refractivity contribution in [2.45, 2.75) is 76.3 Å². The summed E-state index contributed by atoms with van der Waals surface area (Å²) in [4.78, 5) is 4.77. The summed E-state index contributed by atoms with van der Waals surface area (Å²) in [5, 5.41) is 3.49. The van der Waals surface area contributed by atoms with Gasteiger partial charge in [0.2, 0.25) is 0 Å². The molecule has 4 nitrogen and oxygen atoms in total. The Morgan fingerprint density at radius 1 is 1.00 bits per heavy atom. The second kappa shape index (κ2) is 8.41. The second-order valence-corrected chi connectivity index (χ2v) is 5.76. The van der Waals surface area contributed by atoms with E-state index in [1.54, 1.807) is 7.11 Å². The molecule has 2 aliphatic rings. The van der Waals surface area contributed by atoms with Gasteiger partial charge in [-0.15, -0.1) is 0 Å². The molecular formula is C15H28N2O2. The number of ether oxygens (including phenoxy) is 2. The molecule has 0 spiro atoms. The van der Waals surface area contributed by atoms with Crippen LogP contribution in [0.15, 0.2) is 4.99 Å². The predicted molar refractivity (Wildman–Crippen MR) is 77.3 cm³/mol. The third-order valence-electron chi connectivity index (χ3n) is 4.12. The molecule has 2 saturated carbocycles. The van der Waals surface area contributed by atoms with Crippen molar-refractivity contribution in [3.63, 3.8) is 0 Å². The standard InChI is InChI=1S/C15H28N2O2/c1-18-12-19-15(16-13-8-4-2-5-9-13)17-14-10-6-3-7-11-14/h13-14H,2-12H2,1H3,(H,16,17). The van der Waals surface area contributed by atoms with Crippen molar-refractivity contribution in [1.29, 1.82) is 0 Å². The lowest BCUT2D eigenvalue weighted by atomic mass is 9.95. The average molecular weight is 268 g/mol. The smallest absolute Gasteiger partial charge is 0.287 e. The maximum absolute atomic E-state index is 5.61. The van der Waals surface area contributed by atoms with Gasteiger partial charge in [0.05, 0.1) is 6.04 Å². The quantitative estimate of drug-likeness (QED) is 0.483. The van der Waals surface area contributed by atoms with Crippen molar-refractivity contribution >= 4 is 6.02 Å². The third kappa shape index (κ3) is 5.39. The average Bonchev–Trinajstić information content (AvgIpc) is 2.47. The first-order valence-corrected chi connectivity index (χ1v) is 7.84. The molecule has 0 atom stereocenters. The lowest BCUT2D eigenvalue weighted by Gasteiger charge is -2.25. The number of rotatable bonds is 4. The normalized spacial score (nSPS) is 23.3. The van der Waals surface area contributed by atoms with Crippen LogP contribution in [0, 0.1) is 0 Å². The molecular weight excluding hydrogens is 240 g/mol. The maximum Gasteiger partial charge on any atom is 0.287 e. The molecule has 0 amide bonds. The van der Waals surface area contributed by atoms with Gasteiger partial charge >= 0.3 is 0 Å². The molecule has 0 aromatic heterocycles. The number of nitrogens with zero attached hydrogens (tertiary/aromatic N) is 1. The van der Waals surface area contributed by atoms with Gasteiger partial charge in [0.1, 0.15) is 0 Å². The van der Waals surface area contributed by atoms with Gasteiger partial charge in [-0.3, -0.25) is 0 Å². The number of aliphatic imine (C=N–C) groups is 1. The van der Waals surface area contributed by atoms with Crippen LogP contribution in [0.1, 0.15) is 64.2 Å². The molecule has 2 rings (SSSR count). The lowest BCUT2D eigenvalue weighted by molar-refractivity contribution is 0.0368. The summed E-state index contributed by atoms with van der Waals surface area (Å²) in [6, 6.07) is 1.69. The third-order valence-corrected chi connectivity index (χ3v) is 4.12. The molecule has 0 bridgehead atoms. The monoisotopic (exact) mass is 268 g/mol. The van der Waals surface area contributed by atoms with Crippen LogP contribution in [0.4, 0.5) is 0 Å². The van der Waals surface area contributed by atoms with Crippen LogP contribution in [0.3, 0.4) is 0 Å². The predicted octanol–water partition coefficient (Wildman–Crippen LogP) is 3.22. The highest BCUT2D eigenvalue weighted by Crippen LogP contribution is 2.21. The second-order valence-electron chi connectivity index (χ2n) is 5.76. The van der Waals surface area contributed by atoms with E-state index in [2.05, 4.69) is 5.32 Å². The fraction of sp³-hybridized carbons (Fsp3) is 0.933. The van der Waals surface area contributed by atoms with Gasteiger partial charge in [0, 0.05) is 13.2 Å². The van der Waals surface area contributed by atoms with Crippen molar-refractivity contribution in [3.8, 4) is 0 Å². The van der Waals surface area contributed by atoms with E-state index in [-0.39, 0.29) is 6.79 Å². The molecule has 0 aromatic carbocycles. The zero-order chi connectivity index (χ0) is 13.3. The maximum atomic E-state index is 5.61. The van der Waals surface area contributed by atoms with Gasteiger partial charge in [-0.1, -0.05) is 38.5 Å². The van der Waals surface area contributed by atoms with Gasteiger partial charge in [0.25, 0.3) is 6.02 Å². The van der Waals surface area contributed by atoms with Crippen molar-refractivity contribution in [1.82, 2.24) is 5.32 Å². The largest absolute Gasteiger partial charge is 0.438 e. The molecule has 0 saturated heterocycles. The van der Waals surface area contributed by atoms with Gasteiger partial charge in [0.15, 0.2) is 6.79 Å². The Balaban J connectivity index is 1.87. The van der Waals surface area contributed by atoms with Crippen molar-refractivity contribution < 1.29 is 9.47 Å². The minimum atomic E-state index is 0.283. The molecule has 4 heteroatoms. The van der Waals surface area contributed by atoms with E-state index in [0.29, 0.717) is 18.1 Å². The number of methoxy groups -OCH3 is 1. The highest BCUT2D eigenvalue weighted by Gasteiger charge is 2.18. The molecule has 2 aliphatic carbocycles. The summed E-state index contributed by atoms with van der Waals surface area (Å²) >= 11 is 0. The van der Waals surface area contributed by atoms with Crippen LogP contribution in [-0.2, 0) is 9.47 Å². The fourth-order valence-electron chi connectivity index (χ4n) is 3.03. The van der Waals surface area contributed by atoms with Crippen molar-refractivity contribution in [2.75, 3.05) is 13.9 Å². The molecule has 0 aromatic rings. The highest BCUT2D eigenvalue weighted by molar-refractivity contribution is 5.74. The number of hydrogen-bond donors (Lipinski definition) is 1. The van der Waals surface area contributed by atoms with Crippen molar-refractivity contribution in [2.24, 2.45) is 4.99 Å². The number of nitrogens with one attached hydrogen (secondary N) is 1. The first kappa shape index (κ1) is 14.6. The molecule has 19 heavy (non-hydrogen) atoms. The Morgan fingerprint density at radius 2 is 1.63 bits per heavy atom. The van der Waals surface area contributed by atoms with E-state index in [1.165, 1.54) is 64.2 Å². The molecule has 2 fully saturated rings. The Morgan fingerprint density at radius 3 is 2.26 bits per heavy atom. The first-order chi connectivity index (χ1) is 9.38. The SMILES string of the molecule is COCO/C(=N\C1CCCCC1)NC1CCCCC1. The minimum absolute atomic E-state index is 0.283. The van der Waals surface area contributed by atoms with Crippen LogP contribution in [0.5, 0.6) is 0 Å². The Hall–Kier alpha value is -0.770. The van der Waals surface area contributed by atoms with E-state index in [9.17, 15) is 0 Å². The van der Waals surface area contributed by atoms with E-state index in [0.717, 1.165) is 0 Å². The van der Waals surface area contributed by atoms with E-state index < -0.39 is 0 Å². The number of amidine groups is 1. The Kier molecular flexibility index (Phi) is 6.48. The van der Waals surface area contributed by atoms with Gasteiger partial charge in [-0.25, -0.2) is 4.99 Å². The zero-order valence-corrected chi connectivity index (χ0v) is 12.2. The topological polar surface area (TPSA) is 42.9 Å². The summed E-state index contributed by atoms with van der Waals surface area (Å²) in [7, 11) is 1.65. The summed E-state index contributed by atoms with van der Waals surface area (Å²) < 4.78 is 10.6. The Bertz CT molecular complexity index is 269. The van der Waals surface area contributed by atoms with E-state index >= 15 is 0 Å². The molecule has 0 aliphatic heterocycles. The molecule has 110 valence electrons. The lowest BCUT2D eigenvalue weighted by Crippen LogP contribution is -2.38. The van der Waals surface area contributed by atoms with Gasteiger partial charge in [-0.2, -0.15) is 0 Å². The van der Waals surface area contributed by atoms with Crippen LogP contribution >= 0.6 is 0 Å². The molecule has 0 unspecified atom stereocenters. The van der Waals surface area contributed by atoms with E-state index in [4.69, 9.17) is 14.5 Å². The van der Waals surface area contributed by atoms with Gasteiger partial charge in [-0.05, 0) is 25.7 Å².